The van der Waals surface area contributed by atoms with E-state index >= 15 is 0 Å². The van der Waals surface area contributed by atoms with Crippen LogP contribution in [0.5, 0.6) is 0 Å². The maximum absolute atomic E-state index is 8.25. The summed E-state index contributed by atoms with van der Waals surface area (Å²) in [5.41, 5.74) is 4.38. The van der Waals surface area contributed by atoms with Crippen molar-refractivity contribution >= 4 is 22.2 Å². The minimum absolute atomic E-state index is 0. The second kappa shape index (κ2) is 18.3. The van der Waals surface area contributed by atoms with Gasteiger partial charge in [-0.3, -0.25) is 0 Å². The van der Waals surface area contributed by atoms with Crippen molar-refractivity contribution in [2.45, 2.75) is 6.92 Å². The third-order valence-corrected chi connectivity index (χ3v) is 3.78. The van der Waals surface area contributed by atoms with E-state index in [0.29, 0.717) is 23.2 Å². The molecule has 0 bridgehead atoms. The predicted molar refractivity (Wildman–Crippen MR) is 133 cm³/mol. The van der Waals surface area contributed by atoms with Gasteiger partial charge in [-0.2, -0.15) is 5.26 Å². The maximum atomic E-state index is 8.25. The van der Waals surface area contributed by atoms with Crippen LogP contribution in [0.2, 0.25) is 0 Å². The second-order valence-corrected chi connectivity index (χ2v) is 6.28. The van der Waals surface area contributed by atoms with Crippen LogP contribution in [-0.4, -0.2) is 30.2 Å². The van der Waals surface area contributed by atoms with Crippen LogP contribution in [-0.2, 0) is 0 Å². The molecule has 19 heteroatoms. The molecule has 5 aromatic rings. The first-order valence-corrected chi connectivity index (χ1v) is 9.92. The van der Waals surface area contributed by atoms with Gasteiger partial charge in [-0.25, -0.2) is 15.0 Å². The summed E-state index contributed by atoms with van der Waals surface area (Å²) in [6.07, 6.45) is 0. The normalized spacial score (nSPS) is 8.80. The van der Waals surface area contributed by atoms with E-state index < -0.39 is 15.3 Å². The Balaban J connectivity index is 0.000000801. The molecule has 0 amide bonds. The summed E-state index contributed by atoms with van der Waals surface area (Å²) in [4.78, 5) is 38.3. The Hall–Kier alpha value is -5.03. The van der Waals surface area contributed by atoms with Crippen LogP contribution in [0, 0.1) is 98.1 Å². The fourth-order valence-electron chi connectivity index (χ4n) is 2.64. The SMILES string of the molecule is CC#N.O=[N+]([O-])[O-].O=[N+]([O-])[O-].O=[N+]([O-])[O-].[Nd+3].c1cc(-c2nc3ccccc3o2)nc(-c2nc3ccccc3o2)c1. The number of hydrogen-bond donors (Lipinski definition) is 0. The van der Waals surface area contributed by atoms with E-state index in [1.54, 1.807) is 6.07 Å². The third-order valence-electron chi connectivity index (χ3n) is 3.78. The first-order valence-electron chi connectivity index (χ1n) is 9.92. The molecule has 0 unspecified atom stereocenters. The molecule has 0 aliphatic carbocycles. The molecule has 0 aliphatic rings. The van der Waals surface area contributed by atoms with Crippen LogP contribution in [0.25, 0.3) is 45.4 Å². The smallest absolute Gasteiger partial charge is 0.435 e. The molecule has 0 aliphatic heterocycles. The van der Waals surface area contributed by atoms with Crippen molar-refractivity contribution in [1.82, 2.24) is 15.0 Å². The average Bonchev–Trinajstić information content (AvgIpc) is 3.48. The van der Waals surface area contributed by atoms with E-state index in [4.69, 9.17) is 60.1 Å². The van der Waals surface area contributed by atoms with E-state index in [1.165, 1.54) is 6.92 Å². The van der Waals surface area contributed by atoms with Gasteiger partial charge < -0.3 is 54.8 Å². The molecule has 0 N–H and O–H groups in total. The van der Waals surface area contributed by atoms with Crippen LogP contribution in [0.4, 0.5) is 0 Å². The number of benzene rings is 2. The Labute approximate surface area is 255 Å². The van der Waals surface area contributed by atoms with Crippen molar-refractivity contribution in [2.75, 3.05) is 0 Å². The summed E-state index contributed by atoms with van der Waals surface area (Å²) < 4.78 is 11.6. The van der Waals surface area contributed by atoms with Crippen molar-refractivity contribution in [3.05, 3.63) is 113 Å². The minimum Gasteiger partial charge on any atom is -0.435 e. The Morgan fingerprint density at radius 2 is 0.925 bits per heavy atom. The Kier molecular flexibility index (Phi) is 16.0. The van der Waals surface area contributed by atoms with Gasteiger partial charge in [0.2, 0.25) is 11.8 Å². The van der Waals surface area contributed by atoms with Crippen molar-refractivity contribution in [2.24, 2.45) is 0 Å². The standard InChI is InChI=1S/C19H11N3O2.C2H3N.3NO3.Nd/c1-3-10-16-12(6-1)21-18(23-16)14-8-5-9-15(20-14)19-22-13-7-2-4-11-17(13)24-19;1-2-3;3*2-1(3)4;/h1-11H;1H3;;;;/q;;3*-1;+3. The van der Waals surface area contributed by atoms with Gasteiger partial charge in [0.1, 0.15) is 22.4 Å². The Bertz CT molecular complexity index is 1390. The number of nitriles is 1. The van der Waals surface area contributed by atoms with Gasteiger partial charge in [0, 0.05) is 6.92 Å². The first kappa shape index (κ1) is 35.0. The summed E-state index contributed by atoms with van der Waals surface area (Å²) in [5, 5.41) is 51.6. The van der Waals surface area contributed by atoms with E-state index in [1.807, 2.05) is 66.7 Å². The summed E-state index contributed by atoms with van der Waals surface area (Å²) in [6.45, 7) is 1.43. The summed E-state index contributed by atoms with van der Waals surface area (Å²) >= 11 is 0. The molecule has 0 fully saturated rings. The molecule has 0 spiro atoms. The summed E-state index contributed by atoms with van der Waals surface area (Å²) in [7, 11) is 0. The zero-order valence-corrected chi connectivity index (χ0v) is 23.2. The monoisotopic (exact) mass is 682 g/mol. The largest absolute Gasteiger partial charge is 3.00 e. The van der Waals surface area contributed by atoms with Gasteiger partial charge in [-0.15, -0.1) is 0 Å². The Morgan fingerprint density at radius 3 is 1.23 bits per heavy atom. The van der Waals surface area contributed by atoms with E-state index in [-0.39, 0.29) is 40.8 Å². The number of para-hydroxylation sites is 4. The number of hydrogen-bond acceptors (Lipinski definition) is 15. The van der Waals surface area contributed by atoms with Crippen LogP contribution >= 0.6 is 0 Å². The molecule has 203 valence electrons. The summed E-state index contributed by atoms with van der Waals surface area (Å²) in [5.74, 6) is 0.961. The molecule has 1 radical (unpaired) electrons. The zero-order valence-electron chi connectivity index (χ0n) is 20.0. The molecule has 0 saturated heterocycles. The molecule has 18 nitrogen and oxygen atoms in total. The van der Waals surface area contributed by atoms with Gasteiger partial charge in [-0.05, 0) is 36.4 Å². The number of nitrogens with zero attached hydrogens (tertiary/aromatic N) is 7. The topological polar surface area (TPSA) is 287 Å². The first-order chi connectivity index (χ1) is 18.5. The molecular formula is C21H14N7NdO11. The second-order valence-electron chi connectivity index (χ2n) is 6.28. The molecule has 0 atom stereocenters. The molecule has 0 saturated carbocycles. The molecule has 5 rings (SSSR count). The van der Waals surface area contributed by atoms with Crippen LogP contribution in [0.1, 0.15) is 6.92 Å². The van der Waals surface area contributed by atoms with Gasteiger partial charge in [-0.1, -0.05) is 30.3 Å². The number of rotatable bonds is 2. The van der Waals surface area contributed by atoms with Crippen LogP contribution in [0.3, 0.4) is 0 Å². The molecular weight excluding hydrogens is 671 g/mol. The molecule has 3 aromatic heterocycles. The van der Waals surface area contributed by atoms with Gasteiger partial charge >= 0.3 is 40.8 Å². The van der Waals surface area contributed by atoms with E-state index in [2.05, 4.69) is 15.0 Å². The predicted octanol–water partition coefficient (Wildman–Crippen LogP) is 4.51. The number of aromatic nitrogens is 3. The number of oxazole rings is 2. The van der Waals surface area contributed by atoms with Crippen molar-refractivity contribution in [3.8, 4) is 29.2 Å². The fraction of sp³-hybridized carbons (Fsp3) is 0.0476. The quantitative estimate of drug-likeness (QED) is 0.182. The number of fused-ring (bicyclic) bond motifs is 2. The molecule has 3 heterocycles. The van der Waals surface area contributed by atoms with Crippen molar-refractivity contribution in [1.29, 1.82) is 5.26 Å². The van der Waals surface area contributed by atoms with Crippen LogP contribution in [0.15, 0.2) is 75.6 Å². The van der Waals surface area contributed by atoms with Crippen molar-refractivity contribution in [3.63, 3.8) is 0 Å². The van der Waals surface area contributed by atoms with Crippen LogP contribution < -0.4 is 0 Å². The third kappa shape index (κ3) is 13.0. The fourth-order valence-corrected chi connectivity index (χ4v) is 2.64. The minimum atomic E-state index is -1.75. The summed E-state index contributed by atoms with van der Waals surface area (Å²) in [6, 6.07) is 22.6. The van der Waals surface area contributed by atoms with Gasteiger partial charge in [0.15, 0.2) is 11.2 Å². The maximum Gasteiger partial charge on any atom is 3.00 e. The molecule has 2 aromatic carbocycles. The Morgan fingerprint density at radius 1 is 0.625 bits per heavy atom. The average molecular weight is 685 g/mol. The number of pyridine rings is 1. The van der Waals surface area contributed by atoms with E-state index in [0.717, 1.165) is 22.2 Å². The van der Waals surface area contributed by atoms with Gasteiger partial charge in [0.25, 0.3) is 0 Å². The molecule has 40 heavy (non-hydrogen) atoms. The zero-order chi connectivity index (χ0) is 29.4. The van der Waals surface area contributed by atoms with E-state index in [9.17, 15) is 0 Å². The van der Waals surface area contributed by atoms with Gasteiger partial charge in [0.05, 0.1) is 21.3 Å². The van der Waals surface area contributed by atoms with Crippen molar-refractivity contribution < 1.29 is 64.9 Å².